The zero-order valence-electron chi connectivity index (χ0n) is 9.07. The molecule has 0 aliphatic carbocycles. The molecule has 0 amide bonds. The van der Waals surface area contributed by atoms with Crippen LogP contribution in [0.3, 0.4) is 0 Å². The molecule has 0 saturated heterocycles. The van der Waals surface area contributed by atoms with Crippen molar-refractivity contribution in [3.63, 3.8) is 0 Å². The zero-order valence-corrected chi connectivity index (χ0v) is 9.89. The van der Waals surface area contributed by atoms with E-state index in [4.69, 9.17) is 0 Å². The summed E-state index contributed by atoms with van der Waals surface area (Å²) in [7, 11) is -3.46. The van der Waals surface area contributed by atoms with E-state index in [2.05, 4.69) is 20.0 Å². The predicted molar refractivity (Wildman–Crippen MR) is 60.6 cm³/mol. The first-order valence-corrected chi connectivity index (χ1v) is 6.63. The smallest absolute Gasteiger partial charge is 0.257 e. The molecule has 17 heavy (non-hydrogen) atoms. The van der Waals surface area contributed by atoms with Crippen LogP contribution in [0.2, 0.25) is 0 Å². The number of aromatic amines is 1. The van der Waals surface area contributed by atoms with Crippen LogP contribution in [0.5, 0.6) is 0 Å². The molecule has 0 atom stereocenters. The minimum absolute atomic E-state index is 0.0802. The van der Waals surface area contributed by atoms with Gasteiger partial charge in [-0.15, -0.1) is 0 Å². The number of sulfonamides is 1. The van der Waals surface area contributed by atoms with E-state index in [0.717, 1.165) is 0 Å². The molecule has 0 radical (unpaired) electrons. The van der Waals surface area contributed by atoms with Crippen LogP contribution in [0.1, 0.15) is 6.42 Å². The maximum Gasteiger partial charge on any atom is 0.257 e. The van der Waals surface area contributed by atoms with Crippen LogP contribution < -0.4 is 4.72 Å². The molecule has 2 heterocycles. The Morgan fingerprint density at radius 3 is 2.94 bits per heavy atom. The summed E-state index contributed by atoms with van der Waals surface area (Å²) < 4.78 is 27.5. The third-order valence-corrected chi connectivity index (χ3v) is 3.57. The maximum atomic E-state index is 11.6. The van der Waals surface area contributed by atoms with Crippen molar-refractivity contribution < 1.29 is 8.42 Å². The van der Waals surface area contributed by atoms with Crippen LogP contribution in [0.15, 0.2) is 35.7 Å². The van der Waals surface area contributed by atoms with E-state index < -0.39 is 10.0 Å². The molecular formula is C9H13N5O2S. The molecule has 92 valence electrons. The van der Waals surface area contributed by atoms with Gasteiger partial charge < -0.3 is 0 Å². The van der Waals surface area contributed by atoms with E-state index in [1.165, 1.54) is 12.3 Å². The molecule has 0 saturated carbocycles. The largest absolute Gasteiger partial charge is 0.273 e. The second-order valence-corrected chi connectivity index (χ2v) is 5.18. The van der Waals surface area contributed by atoms with Crippen LogP contribution in [0.4, 0.5) is 0 Å². The lowest BCUT2D eigenvalue weighted by molar-refractivity contribution is 0.550. The Kier molecular flexibility index (Phi) is 3.55. The predicted octanol–water partition coefficient (Wildman–Crippen LogP) is -0.0252. The molecule has 0 aliphatic heterocycles. The van der Waals surface area contributed by atoms with Crippen LogP contribution in [-0.4, -0.2) is 34.9 Å². The highest BCUT2D eigenvalue weighted by Gasteiger charge is 2.13. The second-order valence-electron chi connectivity index (χ2n) is 3.44. The Balaban J connectivity index is 1.79. The van der Waals surface area contributed by atoms with Crippen LogP contribution in [-0.2, 0) is 16.6 Å². The summed E-state index contributed by atoms with van der Waals surface area (Å²) >= 11 is 0. The van der Waals surface area contributed by atoms with Gasteiger partial charge in [-0.05, 0) is 18.6 Å². The molecule has 8 heteroatoms. The van der Waals surface area contributed by atoms with Gasteiger partial charge in [-0.1, -0.05) is 0 Å². The molecule has 7 nitrogen and oxygen atoms in total. The molecule has 0 unspecified atom stereocenters. The van der Waals surface area contributed by atoms with E-state index in [-0.39, 0.29) is 5.03 Å². The first kappa shape index (κ1) is 11.8. The van der Waals surface area contributed by atoms with Crippen molar-refractivity contribution in [3.8, 4) is 0 Å². The first-order valence-electron chi connectivity index (χ1n) is 5.15. The van der Waals surface area contributed by atoms with Crippen molar-refractivity contribution in [3.05, 3.63) is 30.7 Å². The normalized spacial score (nSPS) is 11.8. The molecule has 0 aliphatic rings. The fraction of sp³-hybridized carbons (Fsp3) is 0.333. The molecular weight excluding hydrogens is 242 g/mol. The Bertz CT molecular complexity index is 532. The van der Waals surface area contributed by atoms with Crippen molar-refractivity contribution in [2.45, 2.75) is 18.0 Å². The number of hydrogen-bond donors (Lipinski definition) is 2. The lowest BCUT2D eigenvalue weighted by Gasteiger charge is -2.04. The van der Waals surface area contributed by atoms with Crippen molar-refractivity contribution in [1.29, 1.82) is 0 Å². The zero-order chi connectivity index (χ0) is 12.1. The third-order valence-electron chi connectivity index (χ3n) is 2.18. The Labute approximate surface area is 98.9 Å². The summed E-state index contributed by atoms with van der Waals surface area (Å²) in [6.07, 6.45) is 5.60. The van der Waals surface area contributed by atoms with Gasteiger partial charge in [-0.25, -0.2) is 13.1 Å². The highest BCUT2D eigenvalue weighted by molar-refractivity contribution is 7.89. The van der Waals surface area contributed by atoms with Gasteiger partial charge in [0.15, 0.2) is 5.03 Å². The van der Waals surface area contributed by atoms with E-state index in [9.17, 15) is 8.42 Å². The average Bonchev–Trinajstić information content (AvgIpc) is 2.97. The molecule has 2 aromatic heterocycles. The number of H-pyrrole nitrogens is 1. The third kappa shape index (κ3) is 3.14. The summed E-state index contributed by atoms with van der Waals surface area (Å²) in [5.74, 6) is 0. The molecule has 0 spiro atoms. The highest BCUT2D eigenvalue weighted by Crippen LogP contribution is 2.01. The monoisotopic (exact) mass is 255 g/mol. The second kappa shape index (κ2) is 5.11. The Morgan fingerprint density at radius 1 is 1.41 bits per heavy atom. The number of aryl methyl sites for hydroxylation is 1. The quantitative estimate of drug-likeness (QED) is 0.709. The summed E-state index contributed by atoms with van der Waals surface area (Å²) in [6, 6.07) is 3.24. The Hall–Kier alpha value is -1.67. The van der Waals surface area contributed by atoms with Gasteiger partial charge in [-0.3, -0.25) is 9.78 Å². The standard InChI is InChI=1S/C9H13N5O2S/c15-17(16,9-3-6-10-13-9)12-5-2-8-14-7-1-4-11-14/h1,3-4,6-7,12H,2,5,8H2,(H,10,13). The number of nitrogens with zero attached hydrogens (tertiary/aromatic N) is 3. The SMILES string of the molecule is O=S(=O)(NCCCn1cccn1)c1ccn[nH]1. The molecule has 2 N–H and O–H groups in total. The summed E-state index contributed by atoms with van der Waals surface area (Å²) in [5, 5.41) is 10.1. The van der Waals surface area contributed by atoms with Crippen LogP contribution in [0.25, 0.3) is 0 Å². The van der Waals surface area contributed by atoms with Crippen molar-refractivity contribution in [1.82, 2.24) is 24.7 Å². The molecule has 2 aromatic rings. The molecule has 0 bridgehead atoms. The van der Waals surface area contributed by atoms with E-state index in [1.54, 1.807) is 10.9 Å². The molecule has 0 aromatic carbocycles. The van der Waals surface area contributed by atoms with Gasteiger partial charge in [0.05, 0.1) is 6.20 Å². The lowest BCUT2D eigenvalue weighted by atomic mass is 10.4. The highest BCUT2D eigenvalue weighted by atomic mass is 32.2. The number of nitrogens with one attached hydrogen (secondary N) is 2. The van der Waals surface area contributed by atoms with Gasteiger partial charge >= 0.3 is 0 Å². The average molecular weight is 255 g/mol. The topological polar surface area (TPSA) is 92.7 Å². The van der Waals surface area contributed by atoms with E-state index in [1.807, 2.05) is 12.3 Å². The minimum Gasteiger partial charge on any atom is -0.273 e. The van der Waals surface area contributed by atoms with Crippen molar-refractivity contribution >= 4 is 10.0 Å². The minimum atomic E-state index is -3.46. The lowest BCUT2D eigenvalue weighted by Crippen LogP contribution is -2.26. The van der Waals surface area contributed by atoms with Crippen LogP contribution in [0, 0.1) is 0 Å². The van der Waals surface area contributed by atoms with Gasteiger partial charge in [-0.2, -0.15) is 10.2 Å². The Morgan fingerprint density at radius 2 is 2.29 bits per heavy atom. The van der Waals surface area contributed by atoms with Gasteiger partial charge in [0.1, 0.15) is 0 Å². The van der Waals surface area contributed by atoms with Gasteiger partial charge in [0, 0.05) is 25.5 Å². The maximum absolute atomic E-state index is 11.6. The summed E-state index contributed by atoms with van der Waals surface area (Å²) in [5.41, 5.74) is 0. The molecule has 0 fully saturated rings. The number of rotatable bonds is 6. The summed E-state index contributed by atoms with van der Waals surface area (Å²) in [6.45, 7) is 1.04. The number of aromatic nitrogens is 4. The van der Waals surface area contributed by atoms with Crippen molar-refractivity contribution in [2.75, 3.05) is 6.54 Å². The number of hydrogen-bond acceptors (Lipinski definition) is 4. The van der Waals surface area contributed by atoms with E-state index in [0.29, 0.717) is 19.5 Å². The fourth-order valence-corrected chi connectivity index (χ4v) is 2.33. The van der Waals surface area contributed by atoms with Crippen LogP contribution >= 0.6 is 0 Å². The summed E-state index contributed by atoms with van der Waals surface area (Å²) in [4.78, 5) is 0. The van der Waals surface area contributed by atoms with Crippen molar-refractivity contribution in [2.24, 2.45) is 0 Å². The van der Waals surface area contributed by atoms with Gasteiger partial charge in [0.25, 0.3) is 10.0 Å². The fourth-order valence-electron chi connectivity index (χ4n) is 1.35. The first-order chi connectivity index (χ1) is 8.18. The molecule has 2 rings (SSSR count). The van der Waals surface area contributed by atoms with E-state index >= 15 is 0 Å². The van der Waals surface area contributed by atoms with Gasteiger partial charge in [0.2, 0.25) is 0 Å².